The molecule has 4 aromatic rings. The van der Waals surface area contributed by atoms with Crippen molar-refractivity contribution in [3.63, 3.8) is 0 Å². The maximum atomic E-state index is 12.1. The first kappa shape index (κ1) is 18.1. The molecule has 0 aliphatic carbocycles. The van der Waals surface area contributed by atoms with Gasteiger partial charge in [0.1, 0.15) is 5.82 Å². The van der Waals surface area contributed by atoms with E-state index in [2.05, 4.69) is 15.3 Å². The predicted molar refractivity (Wildman–Crippen MR) is 107 cm³/mol. The Balaban J connectivity index is 1.45. The van der Waals surface area contributed by atoms with Crippen molar-refractivity contribution in [3.05, 3.63) is 92.6 Å². The lowest BCUT2D eigenvalue weighted by Gasteiger charge is -2.06. The Labute approximate surface area is 168 Å². The van der Waals surface area contributed by atoms with Crippen molar-refractivity contribution in [3.8, 4) is 11.5 Å². The van der Waals surface area contributed by atoms with Gasteiger partial charge in [-0.05, 0) is 30.3 Å². The van der Waals surface area contributed by atoms with Gasteiger partial charge in [-0.1, -0.05) is 17.7 Å². The van der Waals surface area contributed by atoms with Gasteiger partial charge in [-0.25, -0.2) is 9.97 Å². The molecule has 0 unspecified atom stereocenters. The number of rotatable bonds is 5. The molecule has 0 fully saturated rings. The minimum absolute atomic E-state index is 0.143. The molecule has 0 aliphatic rings. The summed E-state index contributed by atoms with van der Waals surface area (Å²) >= 11 is 7.08. The average Bonchev–Trinajstić information content (AvgIpc) is 3.36. The molecule has 0 atom stereocenters. The van der Waals surface area contributed by atoms with Gasteiger partial charge in [-0.2, -0.15) is 0 Å². The summed E-state index contributed by atoms with van der Waals surface area (Å²) in [7, 11) is 0. The van der Waals surface area contributed by atoms with Crippen molar-refractivity contribution < 1.29 is 4.79 Å². The minimum atomic E-state index is -0.189. The van der Waals surface area contributed by atoms with Crippen LogP contribution in [0.15, 0.2) is 72.2 Å². The van der Waals surface area contributed by atoms with Crippen LogP contribution in [-0.4, -0.2) is 25.0 Å². The third kappa shape index (κ3) is 3.88. The predicted octanol–water partition coefficient (Wildman–Crippen LogP) is 3.06. The van der Waals surface area contributed by atoms with Gasteiger partial charge in [0.25, 0.3) is 11.5 Å². The van der Waals surface area contributed by atoms with Gasteiger partial charge in [0.15, 0.2) is 0 Å². The summed E-state index contributed by atoms with van der Waals surface area (Å²) in [6, 6.07) is 11.9. The fraction of sp³-hybridized carbons (Fsp3) is 0.0526. The number of amides is 1. The number of hydrogen-bond donors (Lipinski definition) is 1. The zero-order valence-corrected chi connectivity index (χ0v) is 16.0. The highest BCUT2D eigenvalue weighted by Crippen LogP contribution is 2.21. The second-order valence-corrected chi connectivity index (χ2v) is 7.56. The Hall–Kier alpha value is -3.23. The number of imidazole rings is 1. The van der Waals surface area contributed by atoms with Gasteiger partial charge >= 0.3 is 0 Å². The third-order valence-electron chi connectivity index (χ3n) is 3.96. The zero-order valence-electron chi connectivity index (χ0n) is 14.4. The van der Waals surface area contributed by atoms with E-state index >= 15 is 0 Å². The molecule has 4 rings (SSSR count). The van der Waals surface area contributed by atoms with Crippen LogP contribution in [0.4, 0.5) is 0 Å². The molecule has 0 saturated carbocycles. The zero-order chi connectivity index (χ0) is 19.5. The van der Waals surface area contributed by atoms with E-state index in [-0.39, 0.29) is 11.5 Å². The van der Waals surface area contributed by atoms with Crippen molar-refractivity contribution in [1.29, 1.82) is 0 Å². The fourth-order valence-electron chi connectivity index (χ4n) is 2.58. The molecule has 0 bridgehead atoms. The van der Waals surface area contributed by atoms with Gasteiger partial charge in [0.2, 0.25) is 0 Å². The summed E-state index contributed by atoms with van der Waals surface area (Å²) in [5.74, 6) is 0.349. The number of nitrogens with one attached hydrogen (secondary N) is 1. The molecular formula is C19H14ClN5O2S. The van der Waals surface area contributed by atoms with Crippen molar-refractivity contribution in [2.75, 3.05) is 0 Å². The van der Waals surface area contributed by atoms with E-state index in [1.54, 1.807) is 53.6 Å². The summed E-state index contributed by atoms with van der Waals surface area (Å²) in [6.45, 7) is 0.298. The van der Waals surface area contributed by atoms with Crippen LogP contribution in [0.2, 0.25) is 4.34 Å². The Morgan fingerprint density at radius 2 is 2.04 bits per heavy atom. The van der Waals surface area contributed by atoms with Gasteiger partial charge < -0.3 is 9.88 Å². The molecule has 28 heavy (non-hydrogen) atoms. The van der Waals surface area contributed by atoms with E-state index in [1.165, 1.54) is 22.0 Å². The Morgan fingerprint density at radius 1 is 1.14 bits per heavy atom. The number of hydrogen-bond acceptors (Lipinski definition) is 5. The quantitative estimate of drug-likeness (QED) is 0.547. The standard InChI is InChI=1S/C19H14ClN5O2S/c20-16-6-5-15(28-16)19(27)22-9-13-11-24(12-23-13)14-4-7-17(21-10-14)25-8-2-1-3-18(25)26/h1-8,10-12H,9H2,(H,22,27). The summed E-state index contributed by atoms with van der Waals surface area (Å²) < 4.78 is 3.84. The van der Waals surface area contributed by atoms with Crippen LogP contribution < -0.4 is 10.9 Å². The molecule has 0 saturated heterocycles. The van der Waals surface area contributed by atoms with E-state index in [0.29, 0.717) is 27.3 Å². The van der Waals surface area contributed by atoms with Crippen LogP contribution in [0, 0.1) is 0 Å². The van der Waals surface area contributed by atoms with Crippen LogP contribution in [0.25, 0.3) is 11.5 Å². The molecule has 0 aromatic carbocycles. The fourth-order valence-corrected chi connectivity index (χ4v) is 3.54. The van der Waals surface area contributed by atoms with E-state index < -0.39 is 0 Å². The first-order valence-electron chi connectivity index (χ1n) is 8.31. The molecule has 4 aromatic heterocycles. The number of carbonyl (C=O) groups is 1. The molecule has 0 spiro atoms. The minimum Gasteiger partial charge on any atom is -0.346 e. The monoisotopic (exact) mass is 411 g/mol. The molecule has 7 nitrogen and oxygen atoms in total. The number of pyridine rings is 2. The first-order valence-corrected chi connectivity index (χ1v) is 9.50. The number of thiophene rings is 1. The number of halogens is 1. The van der Waals surface area contributed by atoms with Gasteiger partial charge in [0, 0.05) is 18.5 Å². The Morgan fingerprint density at radius 3 is 2.75 bits per heavy atom. The maximum absolute atomic E-state index is 12.1. The highest BCUT2D eigenvalue weighted by Gasteiger charge is 2.09. The van der Waals surface area contributed by atoms with Crippen LogP contribution >= 0.6 is 22.9 Å². The lowest BCUT2D eigenvalue weighted by Crippen LogP contribution is -2.21. The third-order valence-corrected chi connectivity index (χ3v) is 5.19. The van der Waals surface area contributed by atoms with E-state index in [4.69, 9.17) is 11.6 Å². The molecule has 140 valence electrons. The molecule has 4 heterocycles. The lowest BCUT2D eigenvalue weighted by atomic mass is 10.3. The smallest absolute Gasteiger partial charge is 0.261 e. The van der Waals surface area contributed by atoms with Gasteiger partial charge in [0.05, 0.1) is 39.7 Å². The molecular weight excluding hydrogens is 398 g/mol. The van der Waals surface area contributed by atoms with Crippen molar-refractivity contribution in [1.82, 2.24) is 24.4 Å². The SMILES string of the molecule is O=C(NCc1cn(-c2ccc(-n3ccccc3=O)nc2)cn1)c1ccc(Cl)s1. The summed E-state index contributed by atoms with van der Waals surface area (Å²) in [4.78, 5) is 33.2. The maximum Gasteiger partial charge on any atom is 0.261 e. The van der Waals surface area contributed by atoms with Crippen LogP contribution in [0.3, 0.4) is 0 Å². The summed E-state index contributed by atoms with van der Waals surface area (Å²) in [6.07, 6.45) is 6.79. The summed E-state index contributed by atoms with van der Waals surface area (Å²) in [5.41, 5.74) is 1.36. The topological polar surface area (TPSA) is 81.8 Å². The van der Waals surface area contributed by atoms with Crippen LogP contribution in [0.5, 0.6) is 0 Å². The second kappa shape index (κ2) is 7.79. The molecule has 0 radical (unpaired) electrons. The first-order chi connectivity index (χ1) is 13.6. The van der Waals surface area contributed by atoms with Crippen molar-refractivity contribution >= 4 is 28.8 Å². The van der Waals surface area contributed by atoms with Gasteiger partial charge in [-0.3, -0.25) is 14.2 Å². The molecule has 1 N–H and O–H groups in total. The second-order valence-electron chi connectivity index (χ2n) is 5.84. The number of carbonyl (C=O) groups excluding carboxylic acids is 1. The molecule has 0 aliphatic heterocycles. The van der Waals surface area contributed by atoms with E-state index in [9.17, 15) is 9.59 Å². The van der Waals surface area contributed by atoms with Crippen LogP contribution in [0.1, 0.15) is 15.4 Å². The number of nitrogens with zero attached hydrogens (tertiary/aromatic N) is 4. The highest BCUT2D eigenvalue weighted by atomic mass is 35.5. The lowest BCUT2D eigenvalue weighted by molar-refractivity contribution is 0.0954. The van der Waals surface area contributed by atoms with E-state index in [0.717, 1.165) is 5.69 Å². The normalized spacial score (nSPS) is 10.8. The molecule has 9 heteroatoms. The van der Waals surface area contributed by atoms with Crippen molar-refractivity contribution in [2.24, 2.45) is 0 Å². The Kier molecular flexibility index (Phi) is 5.05. The molecule has 1 amide bonds. The van der Waals surface area contributed by atoms with Crippen LogP contribution in [-0.2, 0) is 6.54 Å². The van der Waals surface area contributed by atoms with Crippen molar-refractivity contribution in [2.45, 2.75) is 6.54 Å². The average molecular weight is 412 g/mol. The summed E-state index contributed by atoms with van der Waals surface area (Å²) in [5, 5.41) is 2.81. The van der Waals surface area contributed by atoms with Gasteiger partial charge in [-0.15, -0.1) is 11.3 Å². The largest absolute Gasteiger partial charge is 0.346 e. The highest BCUT2D eigenvalue weighted by molar-refractivity contribution is 7.17. The Bertz CT molecular complexity index is 1180. The van der Waals surface area contributed by atoms with E-state index in [1.807, 2.05) is 12.3 Å². The number of aromatic nitrogens is 4.